The number of hydrogen-bond acceptors (Lipinski definition) is 5. The molecule has 1 aromatic carbocycles. The summed E-state index contributed by atoms with van der Waals surface area (Å²) in [5.74, 6) is 1.65. The molecular formula is C15H14N6. The first-order valence-corrected chi connectivity index (χ1v) is 6.66. The maximum Gasteiger partial charge on any atom is 0.158 e. The molecule has 0 radical (unpaired) electrons. The van der Waals surface area contributed by atoms with Crippen LogP contribution in [0.15, 0.2) is 36.7 Å². The number of fused-ring (bicyclic) bond motifs is 1. The first-order valence-electron chi connectivity index (χ1n) is 6.66. The maximum absolute atomic E-state index is 8.68. The number of aryl methyl sites for hydroxylation is 1. The van der Waals surface area contributed by atoms with Gasteiger partial charge in [0.15, 0.2) is 5.69 Å². The van der Waals surface area contributed by atoms with Gasteiger partial charge < -0.3 is 9.88 Å². The maximum atomic E-state index is 8.68. The minimum absolute atomic E-state index is 0.317. The molecule has 3 rings (SSSR count). The van der Waals surface area contributed by atoms with Crippen LogP contribution in [0.5, 0.6) is 0 Å². The van der Waals surface area contributed by atoms with Crippen LogP contribution < -0.4 is 5.32 Å². The van der Waals surface area contributed by atoms with Gasteiger partial charge in [0.25, 0.3) is 0 Å². The predicted molar refractivity (Wildman–Crippen MR) is 79.7 cm³/mol. The second-order valence-electron chi connectivity index (χ2n) is 4.62. The van der Waals surface area contributed by atoms with Crippen molar-refractivity contribution in [3.8, 4) is 6.07 Å². The molecular weight excluding hydrogens is 264 g/mol. The molecule has 0 fully saturated rings. The third-order valence-corrected chi connectivity index (χ3v) is 3.25. The molecule has 0 bridgehead atoms. The SMILES string of the molecule is Cc1nc2ccccc2n1CCNc1cnc(C#N)cn1. The molecule has 2 aromatic heterocycles. The summed E-state index contributed by atoms with van der Waals surface area (Å²) < 4.78 is 2.17. The highest BCUT2D eigenvalue weighted by Crippen LogP contribution is 2.15. The minimum Gasteiger partial charge on any atom is -0.367 e. The molecule has 0 saturated carbocycles. The van der Waals surface area contributed by atoms with Crippen molar-refractivity contribution >= 4 is 16.9 Å². The fraction of sp³-hybridized carbons (Fsp3) is 0.200. The average Bonchev–Trinajstić information content (AvgIpc) is 2.84. The fourth-order valence-electron chi connectivity index (χ4n) is 2.25. The zero-order valence-corrected chi connectivity index (χ0v) is 11.6. The van der Waals surface area contributed by atoms with Crippen LogP contribution in [-0.4, -0.2) is 26.1 Å². The molecule has 0 spiro atoms. The largest absolute Gasteiger partial charge is 0.367 e. The van der Waals surface area contributed by atoms with E-state index in [-0.39, 0.29) is 0 Å². The zero-order valence-electron chi connectivity index (χ0n) is 11.6. The van der Waals surface area contributed by atoms with Gasteiger partial charge in [-0.05, 0) is 19.1 Å². The predicted octanol–water partition coefficient (Wildman–Crippen LogP) is 2.12. The number of aromatic nitrogens is 4. The molecule has 0 aliphatic heterocycles. The van der Waals surface area contributed by atoms with Crippen molar-refractivity contribution in [1.82, 2.24) is 19.5 Å². The first kappa shape index (κ1) is 13.1. The Bertz CT molecular complexity index is 797. The van der Waals surface area contributed by atoms with Crippen LogP contribution in [0.2, 0.25) is 0 Å². The van der Waals surface area contributed by atoms with E-state index in [2.05, 4.69) is 30.9 Å². The van der Waals surface area contributed by atoms with E-state index in [0.29, 0.717) is 18.1 Å². The monoisotopic (exact) mass is 278 g/mol. The van der Waals surface area contributed by atoms with E-state index >= 15 is 0 Å². The lowest BCUT2D eigenvalue weighted by atomic mass is 10.3. The summed E-state index contributed by atoms with van der Waals surface area (Å²) in [4.78, 5) is 12.6. The number of imidazole rings is 1. The summed E-state index contributed by atoms with van der Waals surface area (Å²) in [6.07, 6.45) is 3.03. The summed E-state index contributed by atoms with van der Waals surface area (Å²) in [5, 5.41) is 11.9. The van der Waals surface area contributed by atoms with Crippen LogP contribution >= 0.6 is 0 Å². The number of nitriles is 1. The molecule has 6 heteroatoms. The zero-order chi connectivity index (χ0) is 14.7. The van der Waals surface area contributed by atoms with Crippen molar-refractivity contribution in [3.05, 3.63) is 48.2 Å². The first-order chi connectivity index (χ1) is 10.3. The summed E-state index contributed by atoms with van der Waals surface area (Å²) >= 11 is 0. The van der Waals surface area contributed by atoms with Crippen molar-refractivity contribution in [2.75, 3.05) is 11.9 Å². The number of nitrogens with one attached hydrogen (secondary N) is 1. The quantitative estimate of drug-likeness (QED) is 0.790. The van der Waals surface area contributed by atoms with Crippen LogP contribution in [0.1, 0.15) is 11.5 Å². The number of anilines is 1. The van der Waals surface area contributed by atoms with Crippen LogP contribution in [0.25, 0.3) is 11.0 Å². The van der Waals surface area contributed by atoms with Gasteiger partial charge in [0.05, 0.1) is 23.4 Å². The summed E-state index contributed by atoms with van der Waals surface area (Å²) in [5.41, 5.74) is 2.45. The second-order valence-corrected chi connectivity index (χ2v) is 4.62. The van der Waals surface area contributed by atoms with Gasteiger partial charge >= 0.3 is 0 Å². The van der Waals surface area contributed by atoms with E-state index in [4.69, 9.17) is 5.26 Å². The van der Waals surface area contributed by atoms with Gasteiger partial charge in [0, 0.05) is 13.1 Å². The van der Waals surface area contributed by atoms with Crippen molar-refractivity contribution in [3.63, 3.8) is 0 Å². The Kier molecular flexibility index (Phi) is 3.48. The molecule has 2 heterocycles. The van der Waals surface area contributed by atoms with E-state index in [1.54, 1.807) is 6.20 Å². The summed E-state index contributed by atoms with van der Waals surface area (Å²) in [7, 11) is 0. The van der Waals surface area contributed by atoms with E-state index in [1.165, 1.54) is 6.20 Å². The van der Waals surface area contributed by atoms with E-state index in [1.807, 2.05) is 31.2 Å². The standard InChI is InChI=1S/C15H14N6/c1-11-20-13-4-2-3-5-14(13)21(11)7-6-17-15-10-18-12(8-16)9-19-15/h2-5,9-10H,6-7H2,1H3,(H,17,19). The van der Waals surface area contributed by atoms with E-state index < -0.39 is 0 Å². The molecule has 21 heavy (non-hydrogen) atoms. The smallest absolute Gasteiger partial charge is 0.158 e. The van der Waals surface area contributed by atoms with Gasteiger partial charge in [-0.1, -0.05) is 12.1 Å². The Balaban J connectivity index is 1.69. The van der Waals surface area contributed by atoms with Gasteiger partial charge in [-0.15, -0.1) is 0 Å². The summed E-state index contributed by atoms with van der Waals surface area (Å²) in [6, 6.07) is 10.0. The van der Waals surface area contributed by atoms with E-state index in [9.17, 15) is 0 Å². The van der Waals surface area contributed by atoms with Gasteiger partial charge in [-0.3, -0.25) is 0 Å². The Morgan fingerprint density at radius 2 is 2.10 bits per heavy atom. The van der Waals surface area contributed by atoms with Gasteiger partial charge in [-0.25, -0.2) is 15.0 Å². The lowest BCUT2D eigenvalue weighted by Gasteiger charge is -2.08. The number of rotatable bonds is 4. The lowest BCUT2D eigenvalue weighted by Crippen LogP contribution is -2.12. The average molecular weight is 278 g/mol. The Labute approximate surface area is 122 Å². The number of para-hydroxylation sites is 2. The number of hydrogen-bond donors (Lipinski definition) is 1. The third-order valence-electron chi connectivity index (χ3n) is 3.25. The Morgan fingerprint density at radius 3 is 2.86 bits per heavy atom. The molecule has 0 unspecified atom stereocenters. The molecule has 104 valence electrons. The van der Waals surface area contributed by atoms with Gasteiger partial charge in [0.2, 0.25) is 0 Å². The highest BCUT2D eigenvalue weighted by atomic mass is 15.1. The van der Waals surface area contributed by atoms with Crippen molar-refractivity contribution in [1.29, 1.82) is 5.26 Å². The molecule has 6 nitrogen and oxygen atoms in total. The number of nitrogens with zero attached hydrogens (tertiary/aromatic N) is 5. The van der Waals surface area contributed by atoms with Gasteiger partial charge in [-0.2, -0.15) is 5.26 Å². The van der Waals surface area contributed by atoms with Crippen LogP contribution in [0, 0.1) is 18.3 Å². The second kappa shape index (κ2) is 5.59. The van der Waals surface area contributed by atoms with Crippen LogP contribution in [-0.2, 0) is 6.54 Å². The minimum atomic E-state index is 0.317. The Hall–Kier alpha value is -2.94. The van der Waals surface area contributed by atoms with Crippen LogP contribution in [0.3, 0.4) is 0 Å². The number of benzene rings is 1. The molecule has 0 amide bonds. The molecule has 3 aromatic rings. The van der Waals surface area contributed by atoms with Crippen molar-refractivity contribution in [2.24, 2.45) is 0 Å². The van der Waals surface area contributed by atoms with Gasteiger partial charge in [0.1, 0.15) is 17.7 Å². The molecule has 0 saturated heterocycles. The molecule has 1 N–H and O–H groups in total. The Morgan fingerprint density at radius 1 is 1.24 bits per heavy atom. The normalized spacial score (nSPS) is 10.5. The fourth-order valence-corrected chi connectivity index (χ4v) is 2.25. The van der Waals surface area contributed by atoms with E-state index in [0.717, 1.165) is 23.4 Å². The highest BCUT2D eigenvalue weighted by molar-refractivity contribution is 5.75. The summed E-state index contributed by atoms with van der Waals surface area (Å²) in [6.45, 7) is 3.50. The molecule has 0 aliphatic rings. The van der Waals surface area contributed by atoms with Crippen molar-refractivity contribution < 1.29 is 0 Å². The third kappa shape index (κ3) is 2.67. The lowest BCUT2D eigenvalue weighted by molar-refractivity contribution is 0.720. The van der Waals surface area contributed by atoms with Crippen LogP contribution in [0.4, 0.5) is 5.82 Å². The molecule has 0 aliphatic carbocycles. The highest BCUT2D eigenvalue weighted by Gasteiger charge is 2.06. The molecule has 0 atom stereocenters. The topological polar surface area (TPSA) is 79.4 Å². The van der Waals surface area contributed by atoms with Crippen molar-refractivity contribution in [2.45, 2.75) is 13.5 Å².